The van der Waals surface area contributed by atoms with Gasteiger partial charge in [-0.05, 0) is 19.1 Å². The topological polar surface area (TPSA) is 59.3 Å². The van der Waals surface area contributed by atoms with E-state index in [2.05, 4.69) is 6.07 Å². The van der Waals surface area contributed by atoms with E-state index in [1.165, 1.54) is 0 Å². The van der Waals surface area contributed by atoms with Gasteiger partial charge >= 0.3 is 5.97 Å². The van der Waals surface area contributed by atoms with Crippen molar-refractivity contribution in [2.75, 3.05) is 19.8 Å². The number of carbonyl (C=O) groups is 1. The van der Waals surface area contributed by atoms with Crippen LogP contribution >= 0.6 is 0 Å². The Morgan fingerprint density at radius 2 is 2.11 bits per heavy atom. The zero-order valence-electron chi connectivity index (χ0n) is 10.3. The second-order valence-corrected chi connectivity index (χ2v) is 4.77. The lowest BCUT2D eigenvalue weighted by atomic mass is 9.84. The molecule has 0 amide bonds. The van der Waals surface area contributed by atoms with E-state index < -0.39 is 0 Å². The highest BCUT2D eigenvalue weighted by Gasteiger charge is 2.40. The van der Waals surface area contributed by atoms with Gasteiger partial charge in [-0.1, -0.05) is 17.7 Å². The molecule has 0 radical (unpaired) electrons. The van der Waals surface area contributed by atoms with Crippen LogP contribution in [0.1, 0.15) is 22.3 Å². The van der Waals surface area contributed by atoms with Gasteiger partial charge in [-0.2, -0.15) is 5.26 Å². The third-order valence-electron chi connectivity index (χ3n) is 3.07. The maximum Gasteiger partial charge on any atom is 0.338 e. The van der Waals surface area contributed by atoms with Crippen molar-refractivity contribution in [1.82, 2.24) is 0 Å². The van der Waals surface area contributed by atoms with Crippen molar-refractivity contribution in [3.8, 4) is 6.07 Å². The van der Waals surface area contributed by atoms with Crippen molar-refractivity contribution in [3.05, 3.63) is 35.4 Å². The third kappa shape index (κ3) is 2.69. The van der Waals surface area contributed by atoms with E-state index in [1.807, 2.05) is 19.1 Å². The van der Waals surface area contributed by atoms with E-state index in [4.69, 9.17) is 14.7 Å². The molecular weight excluding hydrogens is 230 g/mol. The fraction of sp³-hybridized carbons (Fsp3) is 0.429. The number of rotatable bonds is 4. The Kier molecular flexibility index (Phi) is 3.63. The highest BCUT2D eigenvalue weighted by Crippen LogP contribution is 2.31. The van der Waals surface area contributed by atoms with Crippen molar-refractivity contribution >= 4 is 5.97 Å². The fourth-order valence-corrected chi connectivity index (χ4v) is 1.79. The monoisotopic (exact) mass is 245 g/mol. The number of nitriles is 1. The quantitative estimate of drug-likeness (QED) is 0.762. The molecule has 0 saturated carbocycles. The van der Waals surface area contributed by atoms with Crippen molar-refractivity contribution in [2.45, 2.75) is 13.3 Å². The molecule has 0 spiro atoms. The van der Waals surface area contributed by atoms with Crippen LogP contribution in [0.5, 0.6) is 0 Å². The number of aryl methyl sites for hydroxylation is 1. The van der Waals surface area contributed by atoms with E-state index in [0.717, 1.165) is 5.56 Å². The zero-order chi connectivity index (χ0) is 13.0. The summed E-state index contributed by atoms with van der Waals surface area (Å²) in [4.78, 5) is 11.8. The summed E-state index contributed by atoms with van der Waals surface area (Å²) in [5.41, 5.74) is 1.34. The minimum atomic E-state index is -0.348. The molecule has 1 fully saturated rings. The smallest absolute Gasteiger partial charge is 0.338 e. The Bertz CT molecular complexity index is 469. The molecule has 0 unspecified atom stereocenters. The van der Waals surface area contributed by atoms with Crippen LogP contribution in [-0.4, -0.2) is 25.8 Å². The highest BCUT2D eigenvalue weighted by molar-refractivity contribution is 5.89. The van der Waals surface area contributed by atoms with Crippen LogP contribution in [-0.2, 0) is 9.47 Å². The van der Waals surface area contributed by atoms with Gasteiger partial charge in [-0.15, -0.1) is 0 Å². The largest absolute Gasteiger partial charge is 0.461 e. The van der Waals surface area contributed by atoms with Gasteiger partial charge in [0.2, 0.25) is 0 Å². The lowest BCUT2D eigenvalue weighted by molar-refractivity contribution is -0.135. The Balaban J connectivity index is 1.92. The van der Waals surface area contributed by atoms with Crippen LogP contribution in [0.15, 0.2) is 24.3 Å². The number of hydrogen-bond donors (Lipinski definition) is 0. The van der Waals surface area contributed by atoms with Crippen LogP contribution in [0.2, 0.25) is 0 Å². The van der Waals surface area contributed by atoms with Gasteiger partial charge in [0.15, 0.2) is 0 Å². The standard InChI is InChI=1S/C14H15NO3/c1-11-2-4-12(5-3-11)13(16)18-10-14(6-7-15)8-17-9-14/h2-5H,6,8-10H2,1H3. The summed E-state index contributed by atoms with van der Waals surface area (Å²) in [7, 11) is 0. The minimum Gasteiger partial charge on any atom is -0.461 e. The first-order valence-corrected chi connectivity index (χ1v) is 5.84. The number of esters is 1. The van der Waals surface area contributed by atoms with Gasteiger partial charge in [0.05, 0.1) is 30.3 Å². The molecule has 0 atom stereocenters. The molecule has 4 nitrogen and oxygen atoms in total. The number of nitrogens with zero attached hydrogens (tertiary/aromatic N) is 1. The van der Waals surface area contributed by atoms with Gasteiger partial charge in [-0.25, -0.2) is 4.79 Å². The van der Waals surface area contributed by atoms with Crippen molar-refractivity contribution in [3.63, 3.8) is 0 Å². The van der Waals surface area contributed by atoms with E-state index in [1.54, 1.807) is 12.1 Å². The molecular formula is C14H15NO3. The van der Waals surface area contributed by atoms with Crippen LogP contribution in [0.4, 0.5) is 0 Å². The molecule has 1 aliphatic rings. The van der Waals surface area contributed by atoms with E-state index in [0.29, 0.717) is 25.2 Å². The lowest BCUT2D eigenvalue weighted by Crippen LogP contribution is -2.46. The molecule has 18 heavy (non-hydrogen) atoms. The summed E-state index contributed by atoms with van der Waals surface area (Å²) < 4.78 is 10.4. The highest BCUT2D eigenvalue weighted by atomic mass is 16.5. The summed E-state index contributed by atoms with van der Waals surface area (Å²) >= 11 is 0. The Labute approximate surface area is 106 Å². The molecule has 2 rings (SSSR count). The SMILES string of the molecule is Cc1ccc(C(=O)OCC2(CC#N)COC2)cc1. The minimum absolute atomic E-state index is 0.243. The summed E-state index contributed by atoms with van der Waals surface area (Å²) in [6.07, 6.45) is 0.355. The Hall–Kier alpha value is -1.86. The molecule has 1 aliphatic heterocycles. The van der Waals surface area contributed by atoms with Gasteiger partial charge in [0.25, 0.3) is 0 Å². The predicted molar refractivity (Wildman–Crippen MR) is 64.9 cm³/mol. The van der Waals surface area contributed by atoms with E-state index in [9.17, 15) is 4.79 Å². The van der Waals surface area contributed by atoms with Gasteiger partial charge in [0, 0.05) is 6.42 Å². The summed E-state index contributed by atoms with van der Waals surface area (Å²) in [6, 6.07) is 9.33. The van der Waals surface area contributed by atoms with Gasteiger partial charge in [0.1, 0.15) is 6.61 Å². The molecule has 0 N–H and O–H groups in total. The molecule has 0 aromatic heterocycles. The molecule has 1 aromatic rings. The maximum atomic E-state index is 11.8. The Morgan fingerprint density at radius 1 is 1.44 bits per heavy atom. The van der Waals surface area contributed by atoms with Crippen molar-refractivity contribution in [2.24, 2.45) is 5.41 Å². The summed E-state index contributed by atoms with van der Waals surface area (Å²) in [6.45, 7) is 3.18. The third-order valence-corrected chi connectivity index (χ3v) is 3.07. The average molecular weight is 245 g/mol. The number of ether oxygens (including phenoxy) is 2. The molecule has 0 aliphatic carbocycles. The maximum absolute atomic E-state index is 11.8. The normalized spacial score (nSPS) is 16.4. The van der Waals surface area contributed by atoms with Crippen LogP contribution < -0.4 is 0 Å². The van der Waals surface area contributed by atoms with Crippen LogP contribution in [0, 0.1) is 23.7 Å². The Morgan fingerprint density at radius 3 is 2.61 bits per heavy atom. The summed E-state index contributed by atoms with van der Waals surface area (Å²) in [5, 5.41) is 8.73. The molecule has 0 bridgehead atoms. The van der Waals surface area contributed by atoms with Crippen molar-refractivity contribution < 1.29 is 14.3 Å². The molecule has 1 aromatic carbocycles. The lowest BCUT2D eigenvalue weighted by Gasteiger charge is -2.38. The van der Waals surface area contributed by atoms with Crippen LogP contribution in [0.3, 0.4) is 0 Å². The first-order chi connectivity index (χ1) is 8.65. The second-order valence-electron chi connectivity index (χ2n) is 4.77. The van der Waals surface area contributed by atoms with Crippen molar-refractivity contribution in [1.29, 1.82) is 5.26 Å². The molecule has 4 heteroatoms. The zero-order valence-corrected chi connectivity index (χ0v) is 10.3. The first-order valence-electron chi connectivity index (χ1n) is 5.84. The van der Waals surface area contributed by atoms with Crippen LogP contribution in [0.25, 0.3) is 0 Å². The number of benzene rings is 1. The van der Waals surface area contributed by atoms with Gasteiger partial charge < -0.3 is 9.47 Å². The fourth-order valence-electron chi connectivity index (χ4n) is 1.79. The molecule has 1 saturated heterocycles. The van der Waals surface area contributed by atoms with Gasteiger partial charge in [-0.3, -0.25) is 0 Å². The number of hydrogen-bond acceptors (Lipinski definition) is 4. The van der Waals surface area contributed by atoms with E-state index >= 15 is 0 Å². The molecule has 1 heterocycles. The predicted octanol–water partition coefficient (Wildman–Crippen LogP) is 2.08. The second kappa shape index (κ2) is 5.19. The van der Waals surface area contributed by atoms with E-state index in [-0.39, 0.29) is 18.0 Å². The molecule has 94 valence electrons. The average Bonchev–Trinajstić information content (AvgIpc) is 2.33. The summed E-state index contributed by atoms with van der Waals surface area (Å²) in [5.74, 6) is -0.348. The first kappa shape index (κ1) is 12.6. The number of carbonyl (C=O) groups excluding carboxylic acids is 1.